The largest absolute Gasteiger partial charge is 0.295 e. The first-order chi connectivity index (χ1) is 6.11. The molecule has 0 unspecified atom stereocenters. The van der Waals surface area contributed by atoms with Crippen molar-refractivity contribution in [2.24, 2.45) is 4.99 Å². The molecule has 0 aliphatic heterocycles. The highest BCUT2D eigenvalue weighted by Crippen LogP contribution is 2.10. The maximum atomic E-state index is 10.3. The van der Waals surface area contributed by atoms with Crippen molar-refractivity contribution in [3.05, 3.63) is 31.4 Å². The Morgan fingerprint density at radius 2 is 2.31 bits per heavy atom. The van der Waals surface area contributed by atoms with Crippen molar-refractivity contribution in [1.82, 2.24) is 0 Å². The highest BCUT2D eigenvalue weighted by atomic mass is 79.9. The third kappa shape index (κ3) is 5.70. The number of hydrogen-bond acceptors (Lipinski definition) is 3. The van der Waals surface area contributed by atoms with Crippen molar-refractivity contribution in [2.75, 3.05) is 7.05 Å². The Labute approximate surface area is 92.8 Å². The highest BCUT2D eigenvalue weighted by Gasteiger charge is 2.06. The van der Waals surface area contributed by atoms with Gasteiger partial charge in [-0.05, 0) is 15.9 Å². The molecule has 0 amide bonds. The van der Waals surface area contributed by atoms with Gasteiger partial charge in [0.15, 0.2) is 0 Å². The minimum atomic E-state index is -0.436. The topological polar surface area (TPSA) is 55.5 Å². The Hall–Kier alpha value is -0.490. The average Bonchev–Trinajstić information content (AvgIpc) is 2.05. The summed E-state index contributed by atoms with van der Waals surface area (Å²) in [6, 6.07) is 0. The molecule has 0 aromatic heterocycles. The van der Waals surface area contributed by atoms with Crippen LogP contribution in [0.3, 0.4) is 0 Å². The van der Waals surface area contributed by atoms with Gasteiger partial charge in [0.25, 0.3) is 5.70 Å². The number of allylic oxidation sites excluding steroid dienone is 2. The molecule has 72 valence electrons. The van der Waals surface area contributed by atoms with Crippen LogP contribution in [0.1, 0.15) is 6.42 Å². The van der Waals surface area contributed by atoms with E-state index in [-0.39, 0.29) is 12.1 Å². The van der Waals surface area contributed by atoms with Crippen LogP contribution in [-0.2, 0) is 0 Å². The van der Waals surface area contributed by atoms with Crippen LogP contribution in [0.15, 0.2) is 26.2 Å². The van der Waals surface area contributed by atoms with Crippen LogP contribution in [0, 0.1) is 10.1 Å². The normalized spacial score (nSPS) is 13.8. The Morgan fingerprint density at radius 3 is 2.69 bits per heavy atom. The van der Waals surface area contributed by atoms with Crippen molar-refractivity contribution in [3.8, 4) is 0 Å². The fraction of sp³-hybridized carbons (Fsp3) is 0.286. The molecule has 0 bridgehead atoms. The molecule has 0 fully saturated rings. The van der Waals surface area contributed by atoms with E-state index in [0.717, 1.165) is 4.48 Å². The highest BCUT2D eigenvalue weighted by molar-refractivity contribution is 9.12. The molecule has 0 spiro atoms. The lowest BCUT2D eigenvalue weighted by Gasteiger charge is -1.91. The Bertz CT molecular complexity index is 272. The third-order valence-corrected chi connectivity index (χ3v) is 2.18. The van der Waals surface area contributed by atoms with E-state index in [0.29, 0.717) is 0 Å². The first-order valence-corrected chi connectivity index (χ1v) is 5.04. The molecule has 0 saturated heterocycles. The second-order valence-electron chi connectivity index (χ2n) is 2.04. The number of halogens is 2. The number of nitrogens with zero attached hydrogens (tertiary/aromatic N) is 2. The van der Waals surface area contributed by atoms with Gasteiger partial charge >= 0.3 is 0 Å². The van der Waals surface area contributed by atoms with E-state index in [1.807, 2.05) is 0 Å². The van der Waals surface area contributed by atoms with Crippen LogP contribution < -0.4 is 0 Å². The summed E-state index contributed by atoms with van der Waals surface area (Å²) >= 11 is 6.12. The Balaban J connectivity index is 4.29. The van der Waals surface area contributed by atoms with Gasteiger partial charge in [-0.3, -0.25) is 15.1 Å². The summed E-state index contributed by atoms with van der Waals surface area (Å²) in [6.07, 6.45) is 3.50. The summed E-state index contributed by atoms with van der Waals surface area (Å²) in [5.74, 6) is 0. The zero-order valence-corrected chi connectivity index (χ0v) is 10.1. The predicted molar refractivity (Wildman–Crippen MR) is 60.0 cm³/mol. The van der Waals surface area contributed by atoms with Gasteiger partial charge < -0.3 is 0 Å². The van der Waals surface area contributed by atoms with E-state index >= 15 is 0 Å². The summed E-state index contributed by atoms with van der Waals surface area (Å²) in [6.45, 7) is 0. The molecule has 0 aliphatic rings. The van der Waals surface area contributed by atoms with E-state index in [1.165, 1.54) is 4.99 Å². The fourth-order valence-electron chi connectivity index (χ4n) is 0.537. The van der Waals surface area contributed by atoms with Crippen molar-refractivity contribution in [2.45, 2.75) is 6.42 Å². The molecule has 0 N–H and O–H groups in total. The molecule has 0 aromatic rings. The van der Waals surface area contributed by atoms with Crippen LogP contribution in [0.25, 0.3) is 0 Å². The van der Waals surface area contributed by atoms with Gasteiger partial charge in [0.05, 0.1) is 16.3 Å². The van der Waals surface area contributed by atoms with E-state index in [1.54, 1.807) is 19.3 Å². The first kappa shape index (κ1) is 12.5. The number of nitro groups is 1. The minimum Gasteiger partial charge on any atom is -0.295 e. The summed E-state index contributed by atoms with van der Waals surface area (Å²) in [5, 5.41) is 10.3. The smallest absolute Gasteiger partial charge is 0.256 e. The number of aliphatic imine (C=N–C) groups is 1. The summed E-state index contributed by atoms with van der Waals surface area (Å²) < 4.78 is 0.726. The molecule has 0 rings (SSSR count). The van der Waals surface area contributed by atoms with Gasteiger partial charge in [-0.25, -0.2) is 0 Å². The zero-order chi connectivity index (χ0) is 10.3. The van der Waals surface area contributed by atoms with E-state index < -0.39 is 4.92 Å². The van der Waals surface area contributed by atoms with Crippen molar-refractivity contribution < 1.29 is 4.92 Å². The lowest BCUT2D eigenvalue weighted by Crippen LogP contribution is -1.96. The average molecular weight is 312 g/mol. The fourth-order valence-corrected chi connectivity index (χ4v) is 1.26. The molecule has 0 saturated carbocycles. The summed E-state index contributed by atoms with van der Waals surface area (Å²) in [7, 11) is 1.63. The second kappa shape index (κ2) is 6.97. The molecule has 4 nitrogen and oxygen atoms in total. The van der Waals surface area contributed by atoms with Crippen molar-refractivity contribution in [1.29, 1.82) is 0 Å². The number of rotatable bonds is 4. The van der Waals surface area contributed by atoms with E-state index in [2.05, 4.69) is 36.9 Å². The molecule has 0 aliphatic carbocycles. The minimum absolute atomic E-state index is 0.0986. The molecule has 0 aromatic carbocycles. The van der Waals surface area contributed by atoms with Gasteiger partial charge in [0.1, 0.15) is 0 Å². The zero-order valence-electron chi connectivity index (χ0n) is 6.91. The molecular formula is C7H8Br2N2O2. The molecule has 0 atom stereocenters. The van der Waals surface area contributed by atoms with Crippen molar-refractivity contribution >= 4 is 38.1 Å². The molecular weight excluding hydrogens is 304 g/mol. The predicted octanol–water partition coefficient (Wildman–Crippen LogP) is 2.87. The molecule has 0 radical (unpaired) electrons. The van der Waals surface area contributed by atoms with Gasteiger partial charge in [0.2, 0.25) is 0 Å². The van der Waals surface area contributed by atoms with Crippen LogP contribution in [0.2, 0.25) is 0 Å². The quantitative estimate of drug-likeness (QED) is 0.455. The van der Waals surface area contributed by atoms with Gasteiger partial charge in [0, 0.05) is 17.7 Å². The van der Waals surface area contributed by atoms with Crippen LogP contribution in [-0.4, -0.2) is 18.2 Å². The monoisotopic (exact) mass is 310 g/mol. The van der Waals surface area contributed by atoms with Crippen LogP contribution in [0.5, 0.6) is 0 Å². The lowest BCUT2D eigenvalue weighted by atomic mass is 10.3. The Morgan fingerprint density at radius 1 is 1.69 bits per heavy atom. The molecule has 6 heteroatoms. The maximum absolute atomic E-state index is 10.3. The number of hydrogen-bond donors (Lipinski definition) is 0. The second-order valence-corrected chi connectivity index (χ2v) is 3.41. The molecule has 0 heterocycles. The lowest BCUT2D eigenvalue weighted by molar-refractivity contribution is -0.426. The van der Waals surface area contributed by atoms with E-state index in [4.69, 9.17) is 0 Å². The van der Waals surface area contributed by atoms with Crippen LogP contribution >= 0.6 is 31.9 Å². The van der Waals surface area contributed by atoms with E-state index in [9.17, 15) is 10.1 Å². The first-order valence-electron chi connectivity index (χ1n) is 3.33. The van der Waals surface area contributed by atoms with Gasteiger partial charge in [-0.2, -0.15) is 0 Å². The maximum Gasteiger partial charge on any atom is 0.256 e. The summed E-state index contributed by atoms with van der Waals surface area (Å²) in [5.41, 5.74) is 0.0986. The standard InChI is InChI=1S/C7H8Br2N2O2/c1-10-5-6(9)2-3-7(4-8)11(12)13/h2,4-5H,3H2,1H3/b6-2+,7-4-,10-5?. The van der Waals surface area contributed by atoms with Crippen molar-refractivity contribution in [3.63, 3.8) is 0 Å². The van der Waals surface area contributed by atoms with Gasteiger partial charge in [-0.15, -0.1) is 0 Å². The Kier molecular flexibility index (Phi) is 6.70. The summed E-state index contributed by atoms with van der Waals surface area (Å²) in [4.78, 5) is 14.9. The van der Waals surface area contributed by atoms with Gasteiger partial charge in [-0.1, -0.05) is 22.0 Å². The third-order valence-electron chi connectivity index (χ3n) is 1.12. The SMILES string of the molecule is CN=C/C(Br)=C\C/C(=C/Br)[N+](=O)[O-]. The van der Waals surface area contributed by atoms with Crippen LogP contribution in [0.4, 0.5) is 0 Å². The molecule has 13 heavy (non-hydrogen) atoms.